The molecule has 1 aromatic carbocycles. The van der Waals surface area contributed by atoms with E-state index < -0.39 is 11.9 Å². The smallest absolute Gasteiger partial charge is 0.338 e. The minimum absolute atomic E-state index is 0.0160. The maximum absolute atomic E-state index is 13.2. The van der Waals surface area contributed by atoms with Gasteiger partial charge in [-0.2, -0.15) is 5.26 Å². The lowest BCUT2D eigenvalue weighted by Crippen LogP contribution is -2.42. The fourth-order valence-corrected chi connectivity index (χ4v) is 5.72. The topological polar surface area (TPSA) is 96.4 Å². The number of hydrogen-bond acceptors (Lipinski definition) is 7. The number of nitrogens with zero attached hydrogens (tertiary/aromatic N) is 2. The average molecular weight is 424 g/mol. The lowest BCUT2D eigenvalue weighted by atomic mass is 9.86. The number of amides is 1. The number of fused-ring (bicyclic) bond motifs is 2. The minimum atomic E-state index is -0.670. The van der Waals surface area contributed by atoms with Gasteiger partial charge in [0.05, 0.1) is 35.3 Å². The second-order valence-corrected chi connectivity index (χ2v) is 8.47. The van der Waals surface area contributed by atoms with E-state index in [1.54, 1.807) is 19.1 Å². The first-order valence-electron chi connectivity index (χ1n) is 8.95. The predicted molar refractivity (Wildman–Crippen MR) is 111 cm³/mol. The van der Waals surface area contributed by atoms with Gasteiger partial charge in [0, 0.05) is 9.77 Å². The van der Waals surface area contributed by atoms with Crippen molar-refractivity contribution >= 4 is 35.0 Å². The zero-order valence-corrected chi connectivity index (χ0v) is 17.4. The maximum atomic E-state index is 13.2. The van der Waals surface area contributed by atoms with Gasteiger partial charge < -0.3 is 10.5 Å². The molecule has 29 heavy (non-hydrogen) atoms. The molecule has 2 aliphatic heterocycles. The zero-order valence-electron chi connectivity index (χ0n) is 15.8. The van der Waals surface area contributed by atoms with Gasteiger partial charge in [-0.1, -0.05) is 23.9 Å². The van der Waals surface area contributed by atoms with Crippen LogP contribution in [0.25, 0.3) is 0 Å². The second kappa shape index (κ2) is 7.43. The van der Waals surface area contributed by atoms with Crippen molar-refractivity contribution in [2.45, 2.75) is 24.7 Å². The molecule has 8 heteroatoms. The summed E-state index contributed by atoms with van der Waals surface area (Å²) in [6.45, 7) is 3.79. The Morgan fingerprint density at radius 3 is 2.76 bits per heavy atom. The molecule has 1 unspecified atom stereocenters. The van der Waals surface area contributed by atoms with E-state index in [4.69, 9.17) is 10.5 Å². The van der Waals surface area contributed by atoms with E-state index in [0.717, 1.165) is 15.3 Å². The van der Waals surface area contributed by atoms with E-state index in [1.807, 2.05) is 30.5 Å². The van der Waals surface area contributed by atoms with Crippen molar-refractivity contribution in [3.63, 3.8) is 0 Å². The Morgan fingerprint density at radius 1 is 1.34 bits per heavy atom. The molecule has 1 aromatic heterocycles. The Morgan fingerprint density at radius 2 is 2.10 bits per heavy atom. The number of aryl methyl sites for hydroxylation is 1. The van der Waals surface area contributed by atoms with Gasteiger partial charge in [-0.3, -0.25) is 9.69 Å². The first kappa shape index (κ1) is 19.3. The van der Waals surface area contributed by atoms with Crippen LogP contribution in [0.2, 0.25) is 0 Å². The van der Waals surface area contributed by atoms with Crippen LogP contribution < -0.4 is 5.73 Å². The van der Waals surface area contributed by atoms with Crippen LogP contribution in [-0.4, -0.2) is 23.4 Å². The highest BCUT2D eigenvalue weighted by atomic mass is 32.2. The van der Waals surface area contributed by atoms with Crippen molar-refractivity contribution in [2.24, 2.45) is 5.73 Å². The van der Waals surface area contributed by atoms with Crippen LogP contribution in [0.15, 0.2) is 62.6 Å². The van der Waals surface area contributed by atoms with Gasteiger partial charge in [-0.05, 0) is 43.0 Å². The van der Waals surface area contributed by atoms with E-state index in [0.29, 0.717) is 16.2 Å². The van der Waals surface area contributed by atoms with E-state index >= 15 is 0 Å². The third-order valence-electron chi connectivity index (χ3n) is 4.83. The van der Waals surface area contributed by atoms with Crippen LogP contribution in [0.4, 0.5) is 0 Å². The standard InChI is InChI=1S/C21H17N3O3S2/c1-3-27-21(26)16-15(17-11(2)8-9-28-17)13(10-22)20-24(18(16)23)19(25)12-6-4-5-7-14(12)29-20/h4-9,15H,3,23H2,1-2H3. The summed E-state index contributed by atoms with van der Waals surface area (Å²) >= 11 is 2.76. The molecule has 0 saturated heterocycles. The van der Waals surface area contributed by atoms with Crippen LogP contribution in [0.1, 0.15) is 33.6 Å². The van der Waals surface area contributed by atoms with Crippen molar-refractivity contribution in [1.29, 1.82) is 5.26 Å². The van der Waals surface area contributed by atoms with Gasteiger partial charge >= 0.3 is 5.97 Å². The van der Waals surface area contributed by atoms with E-state index in [9.17, 15) is 14.9 Å². The van der Waals surface area contributed by atoms with Crippen LogP contribution in [0.5, 0.6) is 0 Å². The number of esters is 1. The van der Waals surface area contributed by atoms with Crippen LogP contribution in [-0.2, 0) is 9.53 Å². The fourth-order valence-electron chi connectivity index (χ4n) is 3.51. The number of thiophene rings is 1. The number of thioether (sulfide) groups is 1. The summed E-state index contributed by atoms with van der Waals surface area (Å²) in [6.07, 6.45) is 0. The predicted octanol–water partition coefficient (Wildman–Crippen LogP) is 3.87. The Balaban J connectivity index is 2.00. The van der Waals surface area contributed by atoms with E-state index in [-0.39, 0.29) is 23.9 Å². The fraction of sp³-hybridized carbons (Fsp3) is 0.190. The quantitative estimate of drug-likeness (QED) is 0.753. The summed E-state index contributed by atoms with van der Waals surface area (Å²) in [7, 11) is 0. The molecule has 0 spiro atoms. The van der Waals surface area contributed by atoms with E-state index in [2.05, 4.69) is 6.07 Å². The first-order chi connectivity index (χ1) is 14.0. The highest BCUT2D eigenvalue weighted by Gasteiger charge is 2.45. The number of hydrogen-bond donors (Lipinski definition) is 1. The van der Waals surface area contributed by atoms with Crippen molar-refractivity contribution < 1.29 is 14.3 Å². The third kappa shape index (κ3) is 2.94. The first-order valence-corrected chi connectivity index (χ1v) is 10.7. The van der Waals surface area contributed by atoms with Gasteiger partial charge in [0.1, 0.15) is 10.9 Å². The zero-order chi connectivity index (χ0) is 20.7. The number of nitriles is 1. The molecule has 1 atom stereocenters. The molecular weight excluding hydrogens is 406 g/mol. The average Bonchev–Trinajstić information content (AvgIpc) is 3.13. The third-order valence-corrected chi connectivity index (χ3v) is 7.09. The number of allylic oxidation sites excluding steroid dienone is 1. The van der Waals surface area contributed by atoms with Crippen LogP contribution >= 0.6 is 23.1 Å². The van der Waals surface area contributed by atoms with Gasteiger partial charge in [0.15, 0.2) is 0 Å². The van der Waals surface area contributed by atoms with Crippen molar-refractivity contribution in [1.82, 2.24) is 4.90 Å². The molecule has 2 aliphatic rings. The molecule has 0 bridgehead atoms. The number of carbonyl (C=O) groups is 2. The number of ether oxygens (including phenoxy) is 1. The molecule has 0 fully saturated rings. The summed E-state index contributed by atoms with van der Waals surface area (Å²) < 4.78 is 5.25. The molecular formula is C21H17N3O3S2. The SMILES string of the molecule is CCOC(=O)C1=C(N)N2C(=O)c3ccccc3SC2=C(C#N)C1c1sccc1C. The lowest BCUT2D eigenvalue weighted by Gasteiger charge is -2.37. The number of carbonyl (C=O) groups excluding carboxylic acids is 2. The van der Waals surface area contributed by atoms with Crippen molar-refractivity contribution in [3.8, 4) is 6.07 Å². The molecule has 4 rings (SSSR count). The van der Waals surface area contributed by atoms with Crippen molar-refractivity contribution in [2.75, 3.05) is 6.61 Å². The molecule has 146 valence electrons. The molecule has 1 amide bonds. The Hall–Kier alpha value is -3.02. The summed E-state index contributed by atoms with van der Waals surface area (Å²) in [6, 6.07) is 11.3. The molecule has 2 N–H and O–H groups in total. The second-order valence-electron chi connectivity index (χ2n) is 6.49. The minimum Gasteiger partial charge on any atom is -0.463 e. The van der Waals surface area contributed by atoms with Crippen molar-refractivity contribution in [3.05, 3.63) is 73.7 Å². The molecule has 0 radical (unpaired) electrons. The number of benzene rings is 1. The van der Waals surface area contributed by atoms with Gasteiger partial charge in [0.25, 0.3) is 5.91 Å². The maximum Gasteiger partial charge on any atom is 0.338 e. The highest BCUT2D eigenvalue weighted by molar-refractivity contribution is 8.03. The summed E-state index contributed by atoms with van der Waals surface area (Å²) in [5, 5.41) is 12.4. The molecule has 0 saturated carbocycles. The molecule has 3 heterocycles. The summed E-state index contributed by atoms with van der Waals surface area (Å²) in [5.74, 6) is -1.63. The van der Waals surface area contributed by atoms with Gasteiger partial charge in [-0.15, -0.1) is 11.3 Å². The highest BCUT2D eigenvalue weighted by Crippen LogP contribution is 2.50. The number of nitrogens with two attached hydrogens (primary N) is 1. The summed E-state index contributed by atoms with van der Waals surface area (Å²) in [5.41, 5.74) is 8.29. The largest absolute Gasteiger partial charge is 0.463 e. The van der Waals surface area contributed by atoms with Gasteiger partial charge in [-0.25, -0.2) is 4.79 Å². The normalized spacial score (nSPS) is 18.3. The Bertz CT molecular complexity index is 1140. The van der Waals surface area contributed by atoms with Crippen LogP contribution in [0.3, 0.4) is 0 Å². The lowest BCUT2D eigenvalue weighted by molar-refractivity contribution is -0.138. The Labute approximate surface area is 176 Å². The number of rotatable bonds is 3. The molecule has 6 nitrogen and oxygen atoms in total. The Kier molecular flexibility index (Phi) is 4.94. The summed E-state index contributed by atoms with van der Waals surface area (Å²) in [4.78, 5) is 29.0. The molecule has 0 aliphatic carbocycles. The molecule has 2 aromatic rings. The monoisotopic (exact) mass is 423 g/mol. The van der Waals surface area contributed by atoms with Gasteiger partial charge in [0.2, 0.25) is 0 Å². The van der Waals surface area contributed by atoms with Crippen LogP contribution in [0, 0.1) is 18.3 Å². The van der Waals surface area contributed by atoms with E-state index in [1.165, 1.54) is 28.0 Å².